The van der Waals surface area contributed by atoms with Crippen LogP contribution in [0.15, 0.2) is 42.5 Å². The molecule has 1 fully saturated rings. The molecule has 1 aromatic carbocycles. The Kier molecular flexibility index (Phi) is 10.3. The first-order valence-corrected chi connectivity index (χ1v) is 6.90. The van der Waals surface area contributed by atoms with Crippen molar-refractivity contribution in [3.63, 3.8) is 0 Å². The smallest absolute Gasteiger partial charge is 0.124 e. The van der Waals surface area contributed by atoms with Crippen molar-refractivity contribution in [2.75, 3.05) is 0 Å². The van der Waals surface area contributed by atoms with Crippen LogP contribution in [0.3, 0.4) is 0 Å². The summed E-state index contributed by atoms with van der Waals surface area (Å²) in [7, 11) is 0. The number of ether oxygens (including phenoxy) is 1. The number of hydrogen-bond donors (Lipinski definition) is 1. The van der Waals surface area contributed by atoms with Crippen LogP contribution < -0.4 is 4.74 Å². The molecule has 1 N–H and O–H groups in total. The summed E-state index contributed by atoms with van der Waals surface area (Å²) in [6, 6.07) is 9.72. The first kappa shape index (κ1) is 18.4. The quantitative estimate of drug-likeness (QED) is 0.838. The average molecular weight is 278 g/mol. The Morgan fingerprint density at radius 1 is 1.15 bits per heavy atom. The van der Waals surface area contributed by atoms with Gasteiger partial charge in [-0.3, -0.25) is 0 Å². The normalized spacial score (nSPS) is 20.6. The zero-order valence-corrected chi connectivity index (χ0v) is 12.5. The van der Waals surface area contributed by atoms with Crippen molar-refractivity contribution in [2.45, 2.75) is 51.7 Å². The standard InChI is InChI=1S/C12H16O2.C4H8.CH2O/c13-11-8-4-5-9-12(11)14-10-6-2-1-3-7-10;1-4(2)3;1-2/h1-3,6-7,11-13H,4-5,8-9H2;1H2,2-3H3;1H2. The van der Waals surface area contributed by atoms with Crippen LogP contribution in [0.1, 0.15) is 39.5 Å². The van der Waals surface area contributed by atoms with Gasteiger partial charge in [0.25, 0.3) is 0 Å². The first-order valence-electron chi connectivity index (χ1n) is 6.90. The highest BCUT2D eigenvalue weighted by Gasteiger charge is 2.24. The summed E-state index contributed by atoms with van der Waals surface area (Å²) in [4.78, 5) is 8.00. The van der Waals surface area contributed by atoms with Gasteiger partial charge in [-0.15, -0.1) is 6.58 Å². The summed E-state index contributed by atoms with van der Waals surface area (Å²) >= 11 is 0. The average Bonchev–Trinajstić information content (AvgIpc) is 2.44. The van der Waals surface area contributed by atoms with Crippen LogP contribution in [0.25, 0.3) is 0 Å². The van der Waals surface area contributed by atoms with E-state index in [-0.39, 0.29) is 12.2 Å². The minimum atomic E-state index is -0.288. The molecular weight excluding hydrogens is 252 g/mol. The number of para-hydroxylation sites is 1. The number of aliphatic hydroxyl groups excluding tert-OH is 1. The summed E-state index contributed by atoms with van der Waals surface area (Å²) in [5, 5.41) is 9.71. The fourth-order valence-electron chi connectivity index (χ4n) is 1.89. The molecule has 0 heterocycles. The van der Waals surface area contributed by atoms with Gasteiger partial charge < -0.3 is 14.6 Å². The lowest BCUT2D eigenvalue weighted by Gasteiger charge is -2.28. The predicted octanol–water partition coefficient (Wildman–Crippen LogP) is 3.77. The summed E-state index contributed by atoms with van der Waals surface area (Å²) in [6.45, 7) is 9.50. The van der Waals surface area contributed by atoms with E-state index in [0.29, 0.717) is 0 Å². The van der Waals surface area contributed by atoms with Crippen LogP contribution in [-0.2, 0) is 4.79 Å². The molecule has 0 aliphatic heterocycles. The maximum absolute atomic E-state index is 9.71. The molecule has 0 spiro atoms. The second-order valence-electron chi connectivity index (χ2n) is 5.03. The molecule has 112 valence electrons. The molecule has 0 radical (unpaired) electrons. The summed E-state index contributed by atoms with van der Waals surface area (Å²) in [5.41, 5.74) is 1.17. The number of allylic oxidation sites excluding steroid dienone is 1. The van der Waals surface area contributed by atoms with Gasteiger partial charge in [0.1, 0.15) is 18.6 Å². The van der Waals surface area contributed by atoms with Gasteiger partial charge in [-0.25, -0.2) is 0 Å². The molecule has 3 heteroatoms. The Hall–Kier alpha value is -1.61. The van der Waals surface area contributed by atoms with Gasteiger partial charge in [0.2, 0.25) is 0 Å². The van der Waals surface area contributed by atoms with Crippen LogP contribution in [0.5, 0.6) is 5.75 Å². The third-order valence-electron chi connectivity index (χ3n) is 2.70. The number of benzene rings is 1. The number of carbonyl (C=O) groups is 1. The van der Waals surface area contributed by atoms with Gasteiger partial charge in [0, 0.05) is 0 Å². The lowest BCUT2D eigenvalue weighted by atomic mass is 9.95. The summed E-state index contributed by atoms with van der Waals surface area (Å²) in [5.74, 6) is 0.860. The largest absolute Gasteiger partial charge is 0.488 e. The SMILES string of the molecule is C=C(C)C.C=O.OC1CCCCC1Oc1ccccc1. The van der Waals surface area contributed by atoms with E-state index < -0.39 is 0 Å². The third kappa shape index (κ3) is 8.48. The van der Waals surface area contributed by atoms with Gasteiger partial charge in [0.05, 0.1) is 6.10 Å². The van der Waals surface area contributed by atoms with Gasteiger partial charge >= 0.3 is 0 Å². The Balaban J connectivity index is 0.000000521. The van der Waals surface area contributed by atoms with E-state index in [2.05, 4.69) is 6.58 Å². The highest BCUT2D eigenvalue weighted by Crippen LogP contribution is 2.23. The molecule has 2 rings (SSSR count). The fourth-order valence-corrected chi connectivity index (χ4v) is 1.89. The minimum absolute atomic E-state index is 0.00819. The van der Waals surface area contributed by atoms with Crippen LogP contribution >= 0.6 is 0 Å². The fraction of sp³-hybridized carbons (Fsp3) is 0.471. The molecule has 0 amide bonds. The van der Waals surface area contributed by atoms with Gasteiger partial charge in [0.15, 0.2) is 0 Å². The van der Waals surface area contributed by atoms with E-state index in [1.165, 1.54) is 5.57 Å². The highest BCUT2D eigenvalue weighted by molar-refractivity contribution is 5.21. The molecule has 1 aliphatic carbocycles. The van der Waals surface area contributed by atoms with E-state index in [4.69, 9.17) is 9.53 Å². The van der Waals surface area contributed by atoms with Crippen molar-refractivity contribution in [3.05, 3.63) is 42.5 Å². The van der Waals surface area contributed by atoms with Gasteiger partial charge in [-0.05, 0) is 45.2 Å². The topological polar surface area (TPSA) is 46.5 Å². The number of aliphatic hydroxyl groups is 1. The Bertz CT molecular complexity index is 358. The predicted molar refractivity (Wildman–Crippen MR) is 82.9 cm³/mol. The van der Waals surface area contributed by atoms with Crippen LogP contribution in [0.4, 0.5) is 0 Å². The van der Waals surface area contributed by atoms with Gasteiger partial charge in [-0.1, -0.05) is 30.2 Å². The molecule has 1 aliphatic rings. The Morgan fingerprint density at radius 2 is 1.65 bits per heavy atom. The molecule has 2 unspecified atom stereocenters. The minimum Gasteiger partial charge on any atom is -0.488 e. The van der Waals surface area contributed by atoms with Crippen molar-refractivity contribution in [1.29, 1.82) is 0 Å². The maximum atomic E-state index is 9.71. The lowest BCUT2D eigenvalue weighted by Crippen LogP contribution is -2.34. The summed E-state index contributed by atoms with van der Waals surface area (Å²) in [6.07, 6.45) is 3.83. The van der Waals surface area contributed by atoms with Crippen molar-refractivity contribution in [2.24, 2.45) is 0 Å². The van der Waals surface area contributed by atoms with E-state index in [1.807, 2.05) is 51.0 Å². The molecule has 1 saturated carbocycles. The Labute approximate surface area is 122 Å². The number of carbonyl (C=O) groups excluding carboxylic acids is 1. The molecular formula is C17H26O3. The number of hydrogen-bond acceptors (Lipinski definition) is 3. The van der Waals surface area contributed by atoms with Crippen LogP contribution in [0.2, 0.25) is 0 Å². The number of rotatable bonds is 2. The molecule has 1 aromatic rings. The maximum Gasteiger partial charge on any atom is 0.124 e. The molecule has 2 atom stereocenters. The lowest BCUT2D eigenvalue weighted by molar-refractivity contribution is -0.0979. The molecule has 0 bridgehead atoms. The van der Waals surface area contributed by atoms with Gasteiger partial charge in [-0.2, -0.15) is 0 Å². The molecule has 20 heavy (non-hydrogen) atoms. The van der Waals surface area contributed by atoms with Crippen molar-refractivity contribution >= 4 is 6.79 Å². The van der Waals surface area contributed by atoms with Crippen LogP contribution in [0, 0.1) is 0 Å². The molecule has 0 aromatic heterocycles. The van der Waals surface area contributed by atoms with E-state index in [1.54, 1.807) is 0 Å². The van der Waals surface area contributed by atoms with Crippen LogP contribution in [-0.4, -0.2) is 24.1 Å². The van der Waals surface area contributed by atoms with Crippen molar-refractivity contribution in [3.8, 4) is 5.75 Å². The first-order chi connectivity index (χ1) is 9.59. The van der Waals surface area contributed by atoms with Crippen molar-refractivity contribution in [1.82, 2.24) is 0 Å². The van der Waals surface area contributed by atoms with E-state index in [9.17, 15) is 5.11 Å². The molecule has 3 nitrogen and oxygen atoms in total. The summed E-state index contributed by atoms with van der Waals surface area (Å²) < 4.78 is 5.72. The monoisotopic (exact) mass is 278 g/mol. The second kappa shape index (κ2) is 11.2. The third-order valence-corrected chi connectivity index (χ3v) is 2.70. The zero-order valence-electron chi connectivity index (χ0n) is 12.5. The molecule has 0 saturated heterocycles. The van der Waals surface area contributed by atoms with E-state index in [0.717, 1.165) is 31.4 Å². The van der Waals surface area contributed by atoms with E-state index >= 15 is 0 Å². The zero-order chi connectivity index (χ0) is 15.4. The highest BCUT2D eigenvalue weighted by atomic mass is 16.5. The Morgan fingerprint density at radius 3 is 2.15 bits per heavy atom. The second-order valence-corrected chi connectivity index (χ2v) is 5.03. The van der Waals surface area contributed by atoms with Crippen molar-refractivity contribution < 1.29 is 14.6 Å².